The average Bonchev–Trinajstić information content (AvgIpc) is 2.84. The normalized spacial score (nSPS) is 18.4. The van der Waals surface area contributed by atoms with E-state index in [2.05, 4.69) is 29.3 Å². The van der Waals surface area contributed by atoms with Gasteiger partial charge in [0.2, 0.25) is 5.91 Å². The number of hydrogen-bond acceptors (Lipinski definition) is 3. The molecular formula is C13H22N4O. The van der Waals surface area contributed by atoms with Crippen LogP contribution in [0.15, 0.2) is 0 Å². The summed E-state index contributed by atoms with van der Waals surface area (Å²) in [5.74, 6) is 0.396. The van der Waals surface area contributed by atoms with Gasteiger partial charge in [-0.05, 0) is 25.7 Å². The molecule has 0 radical (unpaired) electrons. The maximum absolute atomic E-state index is 12.5. The SMILES string of the molecule is CCCN(CCC)C(=O)C1CCc2n[nH]nc2C1. The summed E-state index contributed by atoms with van der Waals surface area (Å²) < 4.78 is 0. The smallest absolute Gasteiger partial charge is 0.226 e. The van der Waals surface area contributed by atoms with Crippen LogP contribution in [0.4, 0.5) is 0 Å². The molecule has 0 aliphatic heterocycles. The van der Waals surface area contributed by atoms with E-state index in [0.29, 0.717) is 5.91 Å². The summed E-state index contributed by atoms with van der Waals surface area (Å²) in [7, 11) is 0. The fourth-order valence-electron chi connectivity index (χ4n) is 2.63. The number of amides is 1. The van der Waals surface area contributed by atoms with Crippen LogP contribution < -0.4 is 0 Å². The highest BCUT2D eigenvalue weighted by Gasteiger charge is 2.29. The first-order chi connectivity index (χ1) is 8.76. The van der Waals surface area contributed by atoms with Crippen LogP contribution in [0.3, 0.4) is 0 Å². The predicted molar refractivity (Wildman–Crippen MR) is 69.1 cm³/mol. The van der Waals surface area contributed by atoms with E-state index < -0.39 is 0 Å². The molecule has 0 bridgehead atoms. The first kappa shape index (κ1) is 13.1. The Hall–Kier alpha value is -1.39. The van der Waals surface area contributed by atoms with Gasteiger partial charge >= 0.3 is 0 Å². The molecule has 1 heterocycles. The first-order valence-electron chi connectivity index (χ1n) is 6.93. The maximum atomic E-state index is 12.5. The van der Waals surface area contributed by atoms with E-state index in [-0.39, 0.29) is 5.92 Å². The summed E-state index contributed by atoms with van der Waals surface area (Å²) >= 11 is 0. The Balaban J connectivity index is 2.01. The Labute approximate surface area is 108 Å². The number of rotatable bonds is 5. The van der Waals surface area contributed by atoms with Crippen molar-refractivity contribution in [3.05, 3.63) is 11.4 Å². The largest absolute Gasteiger partial charge is 0.342 e. The minimum absolute atomic E-state index is 0.0979. The van der Waals surface area contributed by atoms with Gasteiger partial charge in [-0.25, -0.2) is 0 Å². The number of fused-ring (bicyclic) bond motifs is 1. The second-order valence-electron chi connectivity index (χ2n) is 4.98. The van der Waals surface area contributed by atoms with Crippen molar-refractivity contribution in [2.45, 2.75) is 46.0 Å². The zero-order valence-corrected chi connectivity index (χ0v) is 11.3. The molecule has 1 amide bonds. The molecule has 5 nitrogen and oxygen atoms in total. The van der Waals surface area contributed by atoms with E-state index in [0.717, 1.165) is 56.6 Å². The van der Waals surface area contributed by atoms with Gasteiger partial charge in [-0.3, -0.25) is 4.79 Å². The van der Waals surface area contributed by atoms with Crippen LogP contribution in [0, 0.1) is 5.92 Å². The number of aryl methyl sites for hydroxylation is 1. The van der Waals surface area contributed by atoms with Crippen LogP contribution >= 0.6 is 0 Å². The second-order valence-corrected chi connectivity index (χ2v) is 4.98. The van der Waals surface area contributed by atoms with Crippen molar-refractivity contribution in [1.82, 2.24) is 20.3 Å². The molecule has 0 saturated carbocycles. The number of nitrogens with one attached hydrogen (secondary N) is 1. The van der Waals surface area contributed by atoms with Gasteiger partial charge in [-0.2, -0.15) is 15.4 Å². The van der Waals surface area contributed by atoms with Crippen molar-refractivity contribution >= 4 is 5.91 Å². The fourth-order valence-corrected chi connectivity index (χ4v) is 2.63. The highest BCUT2D eigenvalue weighted by molar-refractivity contribution is 5.79. The minimum Gasteiger partial charge on any atom is -0.342 e. The quantitative estimate of drug-likeness (QED) is 0.862. The topological polar surface area (TPSA) is 61.9 Å². The van der Waals surface area contributed by atoms with E-state index in [1.54, 1.807) is 0 Å². The summed E-state index contributed by atoms with van der Waals surface area (Å²) in [4.78, 5) is 14.5. The zero-order valence-electron chi connectivity index (χ0n) is 11.3. The molecule has 1 aliphatic carbocycles. The lowest BCUT2D eigenvalue weighted by atomic mass is 9.88. The summed E-state index contributed by atoms with van der Waals surface area (Å²) in [6.45, 7) is 5.97. The molecule has 0 fully saturated rings. The van der Waals surface area contributed by atoms with Crippen LogP contribution in [0.2, 0.25) is 0 Å². The fraction of sp³-hybridized carbons (Fsp3) is 0.769. The highest BCUT2D eigenvalue weighted by atomic mass is 16.2. The van der Waals surface area contributed by atoms with Crippen LogP contribution in [0.5, 0.6) is 0 Å². The lowest BCUT2D eigenvalue weighted by Gasteiger charge is -2.28. The predicted octanol–water partition coefficient (Wildman–Crippen LogP) is 1.56. The number of aromatic amines is 1. The van der Waals surface area contributed by atoms with Crippen molar-refractivity contribution in [1.29, 1.82) is 0 Å². The van der Waals surface area contributed by atoms with Gasteiger partial charge in [0, 0.05) is 25.4 Å². The molecule has 5 heteroatoms. The molecule has 0 aromatic carbocycles. The maximum Gasteiger partial charge on any atom is 0.226 e. The number of H-pyrrole nitrogens is 1. The van der Waals surface area contributed by atoms with Gasteiger partial charge in [-0.1, -0.05) is 13.8 Å². The number of carbonyl (C=O) groups is 1. The van der Waals surface area contributed by atoms with Gasteiger partial charge in [-0.15, -0.1) is 0 Å². The van der Waals surface area contributed by atoms with Crippen LogP contribution in [0.1, 0.15) is 44.5 Å². The molecule has 0 spiro atoms. The van der Waals surface area contributed by atoms with Crippen LogP contribution in [-0.4, -0.2) is 39.3 Å². The average molecular weight is 250 g/mol. The van der Waals surface area contributed by atoms with E-state index in [4.69, 9.17) is 0 Å². The van der Waals surface area contributed by atoms with Gasteiger partial charge in [0.1, 0.15) is 0 Å². The standard InChI is InChI=1S/C13H22N4O/c1-3-7-17(8-4-2)13(18)10-5-6-11-12(9-10)15-16-14-11/h10H,3-9H2,1-2H3,(H,14,15,16). The Morgan fingerprint density at radius 3 is 2.61 bits per heavy atom. The van der Waals surface area contributed by atoms with Crippen molar-refractivity contribution in [3.63, 3.8) is 0 Å². The van der Waals surface area contributed by atoms with Crippen molar-refractivity contribution in [3.8, 4) is 0 Å². The van der Waals surface area contributed by atoms with E-state index >= 15 is 0 Å². The molecule has 0 saturated heterocycles. The molecule has 1 aromatic rings. The Morgan fingerprint density at radius 2 is 1.94 bits per heavy atom. The van der Waals surface area contributed by atoms with Crippen LogP contribution in [0.25, 0.3) is 0 Å². The third-order valence-electron chi connectivity index (χ3n) is 3.52. The molecule has 18 heavy (non-hydrogen) atoms. The molecule has 1 N–H and O–H groups in total. The van der Waals surface area contributed by atoms with Gasteiger partial charge in [0.25, 0.3) is 0 Å². The second kappa shape index (κ2) is 5.98. The lowest BCUT2D eigenvalue weighted by Crippen LogP contribution is -2.39. The Kier molecular flexibility index (Phi) is 4.33. The lowest BCUT2D eigenvalue weighted by molar-refractivity contribution is -0.136. The Morgan fingerprint density at radius 1 is 1.28 bits per heavy atom. The summed E-state index contributed by atoms with van der Waals surface area (Å²) in [5, 5.41) is 10.9. The monoisotopic (exact) mass is 250 g/mol. The third-order valence-corrected chi connectivity index (χ3v) is 3.52. The van der Waals surface area contributed by atoms with Crippen LogP contribution in [-0.2, 0) is 17.6 Å². The molecule has 100 valence electrons. The number of hydrogen-bond donors (Lipinski definition) is 1. The third kappa shape index (κ3) is 2.71. The molecule has 1 unspecified atom stereocenters. The van der Waals surface area contributed by atoms with Gasteiger partial charge < -0.3 is 4.90 Å². The van der Waals surface area contributed by atoms with E-state index in [1.807, 2.05) is 4.90 Å². The van der Waals surface area contributed by atoms with E-state index in [1.165, 1.54) is 0 Å². The number of nitrogens with zero attached hydrogens (tertiary/aromatic N) is 3. The minimum atomic E-state index is 0.0979. The highest BCUT2D eigenvalue weighted by Crippen LogP contribution is 2.24. The molecule has 1 aromatic heterocycles. The molecule has 1 aliphatic rings. The Bertz CT molecular complexity index is 395. The van der Waals surface area contributed by atoms with E-state index in [9.17, 15) is 4.79 Å². The summed E-state index contributed by atoms with van der Waals surface area (Å²) in [6, 6.07) is 0. The number of carbonyl (C=O) groups excluding carboxylic acids is 1. The number of aromatic nitrogens is 3. The zero-order chi connectivity index (χ0) is 13.0. The molecule has 2 rings (SSSR count). The summed E-state index contributed by atoms with van der Waals surface area (Å²) in [6.07, 6.45) is 4.56. The van der Waals surface area contributed by atoms with Crippen molar-refractivity contribution in [2.24, 2.45) is 5.92 Å². The molecule has 1 atom stereocenters. The van der Waals surface area contributed by atoms with Crippen molar-refractivity contribution in [2.75, 3.05) is 13.1 Å². The first-order valence-corrected chi connectivity index (χ1v) is 6.93. The molecular weight excluding hydrogens is 228 g/mol. The van der Waals surface area contributed by atoms with Crippen molar-refractivity contribution < 1.29 is 4.79 Å². The van der Waals surface area contributed by atoms with Gasteiger partial charge in [0.15, 0.2) is 0 Å². The summed E-state index contributed by atoms with van der Waals surface area (Å²) in [5.41, 5.74) is 2.02. The van der Waals surface area contributed by atoms with Gasteiger partial charge in [0.05, 0.1) is 11.4 Å².